The van der Waals surface area contributed by atoms with Gasteiger partial charge in [-0.05, 0) is 131 Å². The van der Waals surface area contributed by atoms with Gasteiger partial charge in [-0.15, -0.1) is 0 Å². The molecule has 0 aliphatic heterocycles. The van der Waals surface area contributed by atoms with Crippen LogP contribution in [0.4, 0.5) is 17.1 Å². The molecule has 2 aliphatic rings. The van der Waals surface area contributed by atoms with Gasteiger partial charge in [-0.3, -0.25) is 0 Å². The zero-order chi connectivity index (χ0) is 33.1. The highest BCUT2D eigenvalue weighted by Crippen LogP contribution is 2.52. The first kappa shape index (κ1) is 28.4. The van der Waals surface area contributed by atoms with Crippen LogP contribution < -0.4 is 4.90 Å². The molecule has 0 unspecified atom stereocenters. The molecule has 0 atom stereocenters. The Kier molecular flexibility index (Phi) is 5.75. The lowest BCUT2D eigenvalue weighted by molar-refractivity contribution is 0.660. The van der Waals surface area contributed by atoms with Crippen molar-refractivity contribution in [1.82, 2.24) is 0 Å². The van der Waals surface area contributed by atoms with E-state index >= 15 is 0 Å². The van der Waals surface area contributed by atoms with Crippen molar-refractivity contribution in [2.45, 2.75) is 38.5 Å². The largest absolute Gasteiger partial charge is 0.310 e. The number of benzene rings is 8. The summed E-state index contributed by atoms with van der Waals surface area (Å²) in [6.45, 7) is 9.46. The molecule has 8 aromatic carbocycles. The molecule has 0 radical (unpaired) electrons. The fraction of sp³-hybridized carbons (Fsp3) is 0.125. The molecule has 0 aromatic heterocycles. The Bertz CT molecular complexity index is 2660. The van der Waals surface area contributed by atoms with Gasteiger partial charge in [-0.2, -0.15) is 0 Å². The summed E-state index contributed by atoms with van der Waals surface area (Å²) in [5, 5.41) is 7.99. The van der Waals surface area contributed by atoms with E-state index in [0.29, 0.717) is 0 Å². The maximum atomic E-state index is 2.45. The molecule has 0 fully saturated rings. The Morgan fingerprint density at radius 1 is 0.347 bits per heavy atom. The number of nitrogens with zero attached hydrogens (tertiary/aromatic N) is 1. The maximum Gasteiger partial charge on any atom is 0.0468 e. The summed E-state index contributed by atoms with van der Waals surface area (Å²) in [5.41, 5.74) is 14.3. The third-order valence-corrected chi connectivity index (χ3v) is 11.6. The molecule has 0 amide bonds. The second-order valence-electron chi connectivity index (χ2n) is 15.0. The number of hydrogen-bond donors (Lipinski definition) is 0. The van der Waals surface area contributed by atoms with Crippen molar-refractivity contribution >= 4 is 49.4 Å². The molecule has 0 heterocycles. The smallest absolute Gasteiger partial charge is 0.0468 e. The summed E-state index contributed by atoms with van der Waals surface area (Å²) in [5.74, 6) is 0. The van der Waals surface area contributed by atoms with Crippen LogP contribution >= 0.6 is 0 Å². The Balaban J connectivity index is 1.07. The molecular weight excluding hydrogens is 591 g/mol. The van der Waals surface area contributed by atoms with Crippen LogP contribution in [-0.4, -0.2) is 0 Å². The van der Waals surface area contributed by atoms with Gasteiger partial charge in [0, 0.05) is 27.9 Å². The van der Waals surface area contributed by atoms with Crippen LogP contribution in [0.15, 0.2) is 152 Å². The van der Waals surface area contributed by atoms with E-state index in [0.717, 1.165) is 11.4 Å². The molecule has 0 saturated carbocycles. The molecule has 0 saturated heterocycles. The number of para-hydroxylation sites is 1. The van der Waals surface area contributed by atoms with Gasteiger partial charge >= 0.3 is 0 Å². The average Bonchev–Trinajstić information content (AvgIpc) is 3.51. The second kappa shape index (κ2) is 9.94. The summed E-state index contributed by atoms with van der Waals surface area (Å²) in [7, 11) is 0. The second-order valence-corrected chi connectivity index (χ2v) is 15.0. The van der Waals surface area contributed by atoms with Gasteiger partial charge < -0.3 is 4.90 Å². The van der Waals surface area contributed by atoms with Crippen LogP contribution in [0.3, 0.4) is 0 Å². The van der Waals surface area contributed by atoms with Crippen molar-refractivity contribution < 1.29 is 0 Å². The summed E-state index contributed by atoms with van der Waals surface area (Å²) >= 11 is 0. The highest BCUT2D eigenvalue weighted by atomic mass is 15.1. The number of rotatable bonds is 4. The maximum absolute atomic E-state index is 2.45. The van der Waals surface area contributed by atoms with Gasteiger partial charge in [0.15, 0.2) is 0 Å². The van der Waals surface area contributed by atoms with Gasteiger partial charge in [0.1, 0.15) is 0 Å². The first-order valence-corrected chi connectivity index (χ1v) is 17.4. The molecule has 1 heteroatoms. The first-order chi connectivity index (χ1) is 23.8. The fourth-order valence-electron chi connectivity index (χ4n) is 8.98. The molecule has 234 valence electrons. The lowest BCUT2D eigenvalue weighted by atomic mass is 9.81. The Labute approximate surface area is 288 Å². The summed E-state index contributed by atoms with van der Waals surface area (Å²) < 4.78 is 0. The van der Waals surface area contributed by atoms with Crippen molar-refractivity contribution in [3.63, 3.8) is 0 Å². The number of hydrogen-bond acceptors (Lipinski definition) is 1. The Morgan fingerprint density at radius 2 is 0.959 bits per heavy atom. The zero-order valence-corrected chi connectivity index (χ0v) is 28.4. The van der Waals surface area contributed by atoms with Crippen molar-refractivity contribution in [2.24, 2.45) is 0 Å². The van der Waals surface area contributed by atoms with E-state index in [1.54, 1.807) is 0 Å². The van der Waals surface area contributed by atoms with Crippen molar-refractivity contribution in [2.75, 3.05) is 4.90 Å². The van der Waals surface area contributed by atoms with Crippen LogP contribution in [0.2, 0.25) is 0 Å². The lowest BCUT2D eigenvalue weighted by Gasteiger charge is -2.28. The molecule has 49 heavy (non-hydrogen) atoms. The number of fused-ring (bicyclic) bond motifs is 4. The van der Waals surface area contributed by atoms with Gasteiger partial charge in [-0.1, -0.05) is 125 Å². The average molecular weight is 628 g/mol. The topological polar surface area (TPSA) is 3.24 Å². The molecule has 0 spiro atoms. The molecule has 0 bridgehead atoms. The summed E-state index contributed by atoms with van der Waals surface area (Å²) in [6, 6.07) is 56.7. The minimum absolute atomic E-state index is 0.0281. The molecular formula is C48H37N. The molecule has 0 N–H and O–H groups in total. The molecule has 8 aromatic rings. The first-order valence-electron chi connectivity index (χ1n) is 17.4. The van der Waals surface area contributed by atoms with Crippen molar-refractivity contribution in [3.8, 4) is 22.3 Å². The van der Waals surface area contributed by atoms with E-state index in [1.807, 2.05) is 0 Å². The molecule has 1 nitrogen and oxygen atoms in total. The molecule has 10 rings (SSSR count). The van der Waals surface area contributed by atoms with Crippen LogP contribution in [0.25, 0.3) is 54.6 Å². The normalized spacial score (nSPS) is 14.9. The van der Waals surface area contributed by atoms with E-state index in [-0.39, 0.29) is 10.8 Å². The van der Waals surface area contributed by atoms with E-state index in [9.17, 15) is 0 Å². The predicted octanol–water partition coefficient (Wildman–Crippen LogP) is 13.2. The Hall–Kier alpha value is -5.66. The molecule has 2 aliphatic carbocycles. The van der Waals surface area contributed by atoms with Gasteiger partial charge in [0.2, 0.25) is 0 Å². The summed E-state index contributed by atoms with van der Waals surface area (Å²) in [6.07, 6.45) is 0. The fourth-order valence-corrected chi connectivity index (χ4v) is 8.98. The third-order valence-electron chi connectivity index (χ3n) is 11.6. The third kappa shape index (κ3) is 3.99. The monoisotopic (exact) mass is 627 g/mol. The van der Waals surface area contributed by atoms with E-state index < -0.39 is 0 Å². The zero-order valence-electron chi connectivity index (χ0n) is 28.4. The highest BCUT2D eigenvalue weighted by Gasteiger charge is 2.36. The van der Waals surface area contributed by atoms with Gasteiger partial charge in [0.05, 0.1) is 0 Å². The Morgan fingerprint density at radius 3 is 1.84 bits per heavy atom. The van der Waals surface area contributed by atoms with Crippen LogP contribution in [0, 0.1) is 0 Å². The SMILES string of the molecule is CC1(C)c2ccccc2-c2ccc(N(c3ccccc3)c3ccc4cc(-c5cc6c7c(ccc8cccc(c87)C6(C)C)c5)ccc4c3)cc21. The quantitative estimate of drug-likeness (QED) is 0.176. The van der Waals surface area contributed by atoms with Crippen molar-refractivity contribution in [3.05, 3.63) is 174 Å². The lowest BCUT2D eigenvalue weighted by Crippen LogP contribution is -2.16. The van der Waals surface area contributed by atoms with E-state index in [1.165, 1.54) is 82.5 Å². The minimum atomic E-state index is -0.0593. The van der Waals surface area contributed by atoms with Gasteiger partial charge in [-0.25, -0.2) is 0 Å². The van der Waals surface area contributed by atoms with Crippen LogP contribution in [0.5, 0.6) is 0 Å². The van der Waals surface area contributed by atoms with E-state index in [2.05, 4.69) is 184 Å². The standard InChI is InChI=1S/C48H37N/c1-47(2)41-15-9-8-14-39(41)40-24-23-38(29-43(40)47)49(36-12-6-5-7-13-36)37-22-21-31-25-32(18-19-33(31)27-37)35-26-34-20-17-30-11-10-16-42-45(30)46(34)44(28-35)48(42,3)4/h5-29H,1-4H3. The minimum Gasteiger partial charge on any atom is -0.310 e. The predicted molar refractivity (Wildman–Crippen MR) is 209 cm³/mol. The van der Waals surface area contributed by atoms with Gasteiger partial charge in [0.25, 0.3) is 0 Å². The van der Waals surface area contributed by atoms with E-state index in [4.69, 9.17) is 0 Å². The van der Waals surface area contributed by atoms with Crippen LogP contribution in [0.1, 0.15) is 49.9 Å². The van der Waals surface area contributed by atoms with Crippen LogP contribution in [-0.2, 0) is 10.8 Å². The number of anilines is 3. The highest BCUT2D eigenvalue weighted by molar-refractivity contribution is 6.15. The summed E-state index contributed by atoms with van der Waals surface area (Å²) in [4.78, 5) is 2.40. The van der Waals surface area contributed by atoms with Crippen molar-refractivity contribution in [1.29, 1.82) is 0 Å².